The summed E-state index contributed by atoms with van der Waals surface area (Å²) in [6.45, 7) is 8.13. The summed E-state index contributed by atoms with van der Waals surface area (Å²) >= 11 is 0. The van der Waals surface area contributed by atoms with Crippen molar-refractivity contribution in [2.75, 3.05) is 0 Å². The van der Waals surface area contributed by atoms with Crippen LogP contribution in [0.1, 0.15) is 31.9 Å². The van der Waals surface area contributed by atoms with Crippen LogP contribution < -0.4 is 5.63 Å². The fourth-order valence-corrected chi connectivity index (χ4v) is 1.63. The summed E-state index contributed by atoms with van der Waals surface area (Å²) in [6, 6.07) is 7.19. The van der Waals surface area contributed by atoms with Crippen LogP contribution in [-0.2, 0) is 0 Å². The van der Waals surface area contributed by atoms with Gasteiger partial charge >= 0.3 is 5.63 Å². The number of rotatable bonds is 0. The molecule has 0 bridgehead atoms. The van der Waals surface area contributed by atoms with E-state index in [2.05, 4.69) is 11.8 Å². The molecule has 0 N–H and O–H groups in total. The van der Waals surface area contributed by atoms with Gasteiger partial charge in [0.25, 0.3) is 0 Å². The van der Waals surface area contributed by atoms with Crippen LogP contribution in [0.3, 0.4) is 0 Å². The summed E-state index contributed by atoms with van der Waals surface area (Å²) in [7, 11) is 0. The standard InChI is InChI=1S/C16H16O2/c1-11-5-6-14-13(9-11)12(10-15(17)18-14)7-8-16(2,3)4/h5-6,9-10H,1-4H3. The fraction of sp³-hybridized carbons (Fsp3) is 0.312. The molecule has 0 radical (unpaired) electrons. The predicted octanol–water partition coefficient (Wildman–Crippen LogP) is 3.50. The van der Waals surface area contributed by atoms with Gasteiger partial charge in [-0.05, 0) is 39.8 Å². The topological polar surface area (TPSA) is 30.2 Å². The molecule has 0 saturated carbocycles. The summed E-state index contributed by atoms with van der Waals surface area (Å²) < 4.78 is 5.17. The average molecular weight is 240 g/mol. The second-order valence-electron chi connectivity index (χ2n) is 5.48. The Bertz CT molecular complexity index is 704. The molecule has 0 atom stereocenters. The minimum Gasteiger partial charge on any atom is -0.423 e. The highest BCUT2D eigenvalue weighted by Gasteiger charge is 2.06. The van der Waals surface area contributed by atoms with E-state index in [0.29, 0.717) is 5.58 Å². The maximum Gasteiger partial charge on any atom is 0.337 e. The van der Waals surface area contributed by atoms with Gasteiger partial charge < -0.3 is 4.42 Å². The molecule has 1 aromatic heterocycles. The van der Waals surface area contributed by atoms with E-state index in [0.717, 1.165) is 16.5 Å². The van der Waals surface area contributed by atoms with Crippen molar-refractivity contribution in [1.82, 2.24) is 0 Å². The molecular weight excluding hydrogens is 224 g/mol. The summed E-state index contributed by atoms with van der Waals surface area (Å²) in [4.78, 5) is 11.5. The van der Waals surface area contributed by atoms with Crippen molar-refractivity contribution in [3.8, 4) is 11.8 Å². The van der Waals surface area contributed by atoms with Crippen LogP contribution in [0.25, 0.3) is 11.0 Å². The second-order valence-corrected chi connectivity index (χ2v) is 5.48. The van der Waals surface area contributed by atoms with Crippen LogP contribution in [0.4, 0.5) is 0 Å². The molecule has 2 aromatic rings. The van der Waals surface area contributed by atoms with E-state index in [1.54, 1.807) is 0 Å². The molecule has 0 aliphatic carbocycles. The van der Waals surface area contributed by atoms with Crippen LogP contribution in [0, 0.1) is 24.2 Å². The zero-order valence-corrected chi connectivity index (χ0v) is 11.1. The van der Waals surface area contributed by atoms with Crippen molar-refractivity contribution in [1.29, 1.82) is 0 Å². The van der Waals surface area contributed by atoms with Crippen LogP contribution in [0.5, 0.6) is 0 Å². The van der Waals surface area contributed by atoms with Crippen molar-refractivity contribution in [2.45, 2.75) is 27.7 Å². The van der Waals surface area contributed by atoms with E-state index in [1.165, 1.54) is 6.07 Å². The van der Waals surface area contributed by atoms with E-state index < -0.39 is 0 Å². The highest BCUT2D eigenvalue weighted by Crippen LogP contribution is 2.18. The van der Waals surface area contributed by atoms with Gasteiger partial charge in [-0.25, -0.2) is 4.79 Å². The van der Waals surface area contributed by atoms with E-state index in [4.69, 9.17) is 4.42 Å². The van der Waals surface area contributed by atoms with Crippen LogP contribution >= 0.6 is 0 Å². The summed E-state index contributed by atoms with van der Waals surface area (Å²) in [5.41, 5.74) is 2.00. The summed E-state index contributed by atoms with van der Waals surface area (Å²) in [5.74, 6) is 6.23. The van der Waals surface area contributed by atoms with Crippen molar-refractivity contribution >= 4 is 11.0 Å². The van der Waals surface area contributed by atoms with Gasteiger partial charge in [0.1, 0.15) is 5.58 Å². The lowest BCUT2D eigenvalue weighted by Gasteiger charge is -2.07. The molecular formula is C16H16O2. The summed E-state index contributed by atoms with van der Waals surface area (Å²) in [5, 5.41) is 0.895. The fourth-order valence-electron chi connectivity index (χ4n) is 1.63. The van der Waals surface area contributed by atoms with Crippen molar-refractivity contribution in [3.63, 3.8) is 0 Å². The first-order chi connectivity index (χ1) is 8.35. The normalized spacial score (nSPS) is 11.1. The number of benzene rings is 1. The van der Waals surface area contributed by atoms with Gasteiger partial charge in [-0.15, -0.1) is 0 Å². The molecule has 2 heteroatoms. The van der Waals surface area contributed by atoms with E-state index >= 15 is 0 Å². The molecule has 0 spiro atoms. The minimum absolute atomic E-state index is 0.0911. The number of fused-ring (bicyclic) bond motifs is 1. The summed E-state index contributed by atoms with van der Waals surface area (Å²) in [6.07, 6.45) is 0. The molecule has 2 rings (SSSR count). The van der Waals surface area contributed by atoms with Crippen LogP contribution in [0.15, 0.2) is 33.5 Å². The molecule has 2 nitrogen and oxygen atoms in total. The monoisotopic (exact) mass is 240 g/mol. The van der Waals surface area contributed by atoms with Crippen LogP contribution in [0.2, 0.25) is 0 Å². The Balaban J connectivity index is 2.72. The van der Waals surface area contributed by atoms with Gasteiger partial charge in [0.2, 0.25) is 0 Å². The Hall–Kier alpha value is -2.01. The molecule has 0 amide bonds. The zero-order chi connectivity index (χ0) is 13.3. The van der Waals surface area contributed by atoms with Crippen molar-refractivity contribution < 1.29 is 4.42 Å². The molecule has 0 saturated heterocycles. The number of hydrogen-bond donors (Lipinski definition) is 0. The highest BCUT2D eigenvalue weighted by atomic mass is 16.4. The van der Waals surface area contributed by atoms with Crippen molar-refractivity contribution in [3.05, 3.63) is 45.8 Å². The molecule has 1 heterocycles. The maximum absolute atomic E-state index is 11.5. The lowest BCUT2D eigenvalue weighted by Crippen LogP contribution is -2.01. The molecule has 0 aliphatic heterocycles. The van der Waals surface area contributed by atoms with Gasteiger partial charge in [-0.3, -0.25) is 0 Å². The molecule has 0 unspecified atom stereocenters. The predicted molar refractivity (Wildman–Crippen MR) is 73.6 cm³/mol. The third kappa shape index (κ3) is 2.81. The first-order valence-corrected chi connectivity index (χ1v) is 5.93. The highest BCUT2D eigenvalue weighted by molar-refractivity contribution is 5.83. The van der Waals surface area contributed by atoms with Gasteiger partial charge in [0.05, 0.1) is 0 Å². The van der Waals surface area contributed by atoms with E-state index in [-0.39, 0.29) is 11.0 Å². The molecule has 18 heavy (non-hydrogen) atoms. The molecule has 1 aromatic carbocycles. The van der Waals surface area contributed by atoms with Crippen molar-refractivity contribution in [2.24, 2.45) is 5.41 Å². The lowest BCUT2D eigenvalue weighted by molar-refractivity contribution is 0.560. The van der Waals surface area contributed by atoms with E-state index in [1.807, 2.05) is 45.9 Å². The average Bonchev–Trinajstić information content (AvgIpc) is 2.25. The molecule has 0 aliphatic rings. The molecule has 92 valence electrons. The molecule has 0 fully saturated rings. The van der Waals surface area contributed by atoms with Gasteiger partial charge in [0, 0.05) is 22.4 Å². The quantitative estimate of drug-likeness (QED) is 0.521. The largest absolute Gasteiger partial charge is 0.423 e. The second kappa shape index (κ2) is 4.34. The maximum atomic E-state index is 11.5. The van der Waals surface area contributed by atoms with Gasteiger partial charge in [-0.2, -0.15) is 0 Å². The van der Waals surface area contributed by atoms with E-state index in [9.17, 15) is 4.79 Å². The van der Waals surface area contributed by atoms with Gasteiger partial charge in [-0.1, -0.05) is 23.5 Å². The Morgan fingerprint density at radius 2 is 1.89 bits per heavy atom. The number of aryl methyl sites for hydroxylation is 1. The smallest absolute Gasteiger partial charge is 0.337 e. The Morgan fingerprint density at radius 1 is 1.17 bits per heavy atom. The first kappa shape index (κ1) is 12.4. The SMILES string of the molecule is Cc1ccc2oc(=O)cc(C#CC(C)(C)C)c2c1. The Morgan fingerprint density at radius 3 is 2.56 bits per heavy atom. The Labute approximate surface area is 107 Å². The number of hydrogen-bond acceptors (Lipinski definition) is 2. The van der Waals surface area contributed by atoms with Crippen LogP contribution in [-0.4, -0.2) is 0 Å². The lowest BCUT2D eigenvalue weighted by atomic mass is 9.97. The third-order valence-electron chi connectivity index (χ3n) is 2.47. The zero-order valence-electron chi connectivity index (χ0n) is 11.1. The minimum atomic E-state index is -0.357. The van der Waals surface area contributed by atoms with Gasteiger partial charge in [0.15, 0.2) is 0 Å². The third-order valence-corrected chi connectivity index (χ3v) is 2.47. The Kier molecular flexibility index (Phi) is 3.00. The first-order valence-electron chi connectivity index (χ1n) is 5.93.